The Morgan fingerprint density at radius 2 is 1.90 bits per heavy atom. The number of rotatable bonds is 5. The van der Waals surface area contributed by atoms with Crippen LogP contribution in [0.25, 0.3) is 0 Å². The Morgan fingerprint density at radius 1 is 1.19 bits per heavy atom. The molecule has 1 aromatic carbocycles. The second-order valence-corrected chi connectivity index (χ2v) is 6.07. The van der Waals surface area contributed by atoms with Crippen LogP contribution in [-0.2, 0) is 6.54 Å². The van der Waals surface area contributed by atoms with Crippen molar-refractivity contribution in [2.75, 3.05) is 0 Å². The summed E-state index contributed by atoms with van der Waals surface area (Å²) in [7, 11) is 0. The van der Waals surface area contributed by atoms with Crippen LogP contribution in [0.1, 0.15) is 29.7 Å². The quantitative estimate of drug-likeness (QED) is 0.889. The van der Waals surface area contributed by atoms with E-state index in [-0.39, 0.29) is 0 Å². The van der Waals surface area contributed by atoms with E-state index in [1.165, 1.54) is 24.0 Å². The van der Waals surface area contributed by atoms with E-state index in [4.69, 9.17) is 16.3 Å². The van der Waals surface area contributed by atoms with Crippen LogP contribution in [0.4, 0.5) is 0 Å². The highest BCUT2D eigenvalue weighted by Gasteiger charge is 2.20. The van der Waals surface area contributed by atoms with Gasteiger partial charge < -0.3 is 10.1 Å². The van der Waals surface area contributed by atoms with Crippen molar-refractivity contribution in [3.8, 4) is 11.6 Å². The van der Waals surface area contributed by atoms with Gasteiger partial charge in [-0.2, -0.15) is 0 Å². The standard InChI is InChI=1S/C17H19ClN2O/c1-11-7-12(2)9-14(8-11)21-17-6-5-15(18)16(20-17)10-19-13-3-4-13/h5-9,13,19H,3-4,10H2,1-2H3. The molecule has 0 amide bonds. The summed E-state index contributed by atoms with van der Waals surface area (Å²) in [6.07, 6.45) is 2.49. The Morgan fingerprint density at radius 3 is 2.57 bits per heavy atom. The molecule has 1 aliphatic rings. The number of hydrogen-bond donors (Lipinski definition) is 1. The predicted octanol–water partition coefficient (Wildman–Crippen LogP) is 4.40. The number of halogens is 1. The van der Waals surface area contributed by atoms with Gasteiger partial charge in [-0.25, -0.2) is 4.98 Å². The molecule has 1 fully saturated rings. The third-order valence-electron chi connectivity index (χ3n) is 3.45. The van der Waals surface area contributed by atoms with Crippen LogP contribution in [-0.4, -0.2) is 11.0 Å². The molecular formula is C17H19ClN2O. The lowest BCUT2D eigenvalue weighted by molar-refractivity contribution is 0.458. The van der Waals surface area contributed by atoms with Gasteiger partial charge in [0.1, 0.15) is 5.75 Å². The zero-order valence-electron chi connectivity index (χ0n) is 12.3. The fraction of sp³-hybridized carbons (Fsp3) is 0.353. The summed E-state index contributed by atoms with van der Waals surface area (Å²) in [5.74, 6) is 1.39. The molecule has 1 heterocycles. The molecule has 1 saturated carbocycles. The summed E-state index contributed by atoms with van der Waals surface area (Å²) >= 11 is 6.20. The van der Waals surface area contributed by atoms with Crippen LogP contribution < -0.4 is 10.1 Å². The summed E-state index contributed by atoms with van der Waals surface area (Å²) < 4.78 is 5.86. The molecule has 1 aliphatic carbocycles. The molecular weight excluding hydrogens is 284 g/mol. The molecule has 110 valence electrons. The molecule has 21 heavy (non-hydrogen) atoms. The molecule has 1 N–H and O–H groups in total. The van der Waals surface area contributed by atoms with E-state index in [0.29, 0.717) is 23.5 Å². The largest absolute Gasteiger partial charge is 0.439 e. The van der Waals surface area contributed by atoms with Crippen LogP contribution in [0.2, 0.25) is 5.02 Å². The Hall–Kier alpha value is -1.58. The molecule has 0 saturated heterocycles. The maximum absolute atomic E-state index is 6.20. The van der Waals surface area contributed by atoms with Gasteiger partial charge in [0, 0.05) is 18.7 Å². The van der Waals surface area contributed by atoms with Crippen LogP contribution in [0.15, 0.2) is 30.3 Å². The van der Waals surface area contributed by atoms with E-state index in [1.54, 1.807) is 6.07 Å². The minimum absolute atomic E-state index is 0.581. The van der Waals surface area contributed by atoms with Crippen LogP contribution >= 0.6 is 11.6 Å². The first-order valence-electron chi connectivity index (χ1n) is 7.25. The third-order valence-corrected chi connectivity index (χ3v) is 3.79. The average molecular weight is 303 g/mol. The number of benzene rings is 1. The van der Waals surface area contributed by atoms with Crippen molar-refractivity contribution < 1.29 is 4.74 Å². The van der Waals surface area contributed by atoms with E-state index in [1.807, 2.05) is 18.2 Å². The van der Waals surface area contributed by atoms with Crippen molar-refractivity contribution in [2.45, 2.75) is 39.3 Å². The second-order valence-electron chi connectivity index (χ2n) is 5.66. The molecule has 0 atom stereocenters. The maximum atomic E-state index is 6.20. The molecule has 0 spiro atoms. The summed E-state index contributed by atoms with van der Waals surface area (Å²) in [6, 6.07) is 10.4. The lowest BCUT2D eigenvalue weighted by Gasteiger charge is -2.10. The fourth-order valence-corrected chi connectivity index (χ4v) is 2.46. The molecule has 0 aliphatic heterocycles. The monoisotopic (exact) mass is 302 g/mol. The van der Waals surface area contributed by atoms with Gasteiger partial charge in [0.15, 0.2) is 0 Å². The Labute approximate surface area is 130 Å². The van der Waals surface area contributed by atoms with Gasteiger partial charge in [0.05, 0.1) is 10.7 Å². The number of nitrogens with one attached hydrogen (secondary N) is 1. The second kappa shape index (κ2) is 6.04. The number of ether oxygens (including phenoxy) is 1. The van der Waals surface area contributed by atoms with Crippen molar-refractivity contribution in [1.82, 2.24) is 10.3 Å². The zero-order chi connectivity index (χ0) is 14.8. The summed E-state index contributed by atoms with van der Waals surface area (Å²) in [6.45, 7) is 4.80. The van der Waals surface area contributed by atoms with Crippen LogP contribution in [0.5, 0.6) is 11.6 Å². The molecule has 3 rings (SSSR count). The maximum Gasteiger partial charge on any atom is 0.219 e. The topological polar surface area (TPSA) is 34.1 Å². The summed E-state index contributed by atoms with van der Waals surface area (Å²) in [4.78, 5) is 4.51. The highest BCUT2D eigenvalue weighted by atomic mass is 35.5. The minimum Gasteiger partial charge on any atom is -0.439 e. The first-order chi connectivity index (χ1) is 10.1. The number of pyridine rings is 1. The summed E-state index contributed by atoms with van der Waals surface area (Å²) in [5.41, 5.74) is 3.19. The number of aryl methyl sites for hydroxylation is 2. The smallest absolute Gasteiger partial charge is 0.219 e. The molecule has 0 radical (unpaired) electrons. The highest BCUT2D eigenvalue weighted by Crippen LogP contribution is 2.26. The number of aromatic nitrogens is 1. The van der Waals surface area contributed by atoms with E-state index in [2.05, 4.69) is 30.2 Å². The van der Waals surface area contributed by atoms with Crippen molar-refractivity contribution >= 4 is 11.6 Å². The molecule has 3 nitrogen and oxygen atoms in total. The first-order valence-corrected chi connectivity index (χ1v) is 7.63. The number of hydrogen-bond acceptors (Lipinski definition) is 3. The molecule has 1 aromatic heterocycles. The molecule has 0 unspecified atom stereocenters. The van der Waals surface area contributed by atoms with E-state index >= 15 is 0 Å². The van der Waals surface area contributed by atoms with Crippen molar-refractivity contribution in [2.24, 2.45) is 0 Å². The van der Waals surface area contributed by atoms with Crippen LogP contribution in [0, 0.1) is 13.8 Å². The molecule has 0 bridgehead atoms. The van der Waals surface area contributed by atoms with Crippen molar-refractivity contribution in [3.63, 3.8) is 0 Å². The predicted molar refractivity (Wildman–Crippen MR) is 85.1 cm³/mol. The zero-order valence-corrected chi connectivity index (χ0v) is 13.1. The first kappa shape index (κ1) is 14.4. The average Bonchev–Trinajstić information content (AvgIpc) is 3.22. The van der Waals surface area contributed by atoms with E-state index < -0.39 is 0 Å². The fourth-order valence-electron chi connectivity index (χ4n) is 2.29. The van der Waals surface area contributed by atoms with Gasteiger partial charge in [-0.05, 0) is 56.0 Å². The molecule has 2 aromatic rings. The van der Waals surface area contributed by atoms with Gasteiger partial charge in [-0.15, -0.1) is 0 Å². The van der Waals surface area contributed by atoms with Gasteiger partial charge in [0.25, 0.3) is 0 Å². The minimum atomic E-state index is 0.581. The van der Waals surface area contributed by atoms with E-state index in [0.717, 1.165) is 11.4 Å². The number of nitrogens with zero attached hydrogens (tertiary/aromatic N) is 1. The highest BCUT2D eigenvalue weighted by molar-refractivity contribution is 6.31. The van der Waals surface area contributed by atoms with E-state index in [9.17, 15) is 0 Å². The van der Waals surface area contributed by atoms with Crippen LogP contribution in [0.3, 0.4) is 0 Å². The van der Waals surface area contributed by atoms with Gasteiger partial charge in [-0.1, -0.05) is 17.7 Å². The van der Waals surface area contributed by atoms with Crippen molar-refractivity contribution in [3.05, 3.63) is 52.2 Å². The lowest BCUT2D eigenvalue weighted by Crippen LogP contribution is -2.16. The Bertz CT molecular complexity index is 633. The van der Waals surface area contributed by atoms with Gasteiger partial charge in [0.2, 0.25) is 5.88 Å². The molecule has 4 heteroatoms. The Balaban J connectivity index is 1.76. The Kier molecular flexibility index (Phi) is 4.13. The van der Waals surface area contributed by atoms with Gasteiger partial charge >= 0.3 is 0 Å². The summed E-state index contributed by atoms with van der Waals surface area (Å²) in [5, 5.41) is 4.10. The van der Waals surface area contributed by atoms with Crippen molar-refractivity contribution in [1.29, 1.82) is 0 Å². The van der Waals surface area contributed by atoms with Gasteiger partial charge in [-0.3, -0.25) is 0 Å². The third kappa shape index (κ3) is 3.96. The normalized spacial score (nSPS) is 14.2. The SMILES string of the molecule is Cc1cc(C)cc(Oc2ccc(Cl)c(CNC3CC3)n2)c1. The lowest BCUT2D eigenvalue weighted by atomic mass is 10.1.